The second kappa shape index (κ2) is 8.13. The third-order valence-electron chi connectivity index (χ3n) is 4.84. The number of nitrogens with one attached hydrogen (secondary N) is 1. The van der Waals surface area contributed by atoms with Crippen LogP contribution in [0.4, 0.5) is 0 Å². The number of hydrogen-bond donors (Lipinski definition) is 1. The van der Waals surface area contributed by atoms with E-state index < -0.39 is 10.0 Å². The Kier molecular flexibility index (Phi) is 5.89. The van der Waals surface area contributed by atoms with Crippen LogP contribution in [0.3, 0.4) is 0 Å². The molecule has 1 fully saturated rings. The van der Waals surface area contributed by atoms with Gasteiger partial charge in [0, 0.05) is 13.1 Å². The number of benzene rings is 2. The molecule has 2 aromatic rings. The van der Waals surface area contributed by atoms with Gasteiger partial charge in [-0.2, -0.15) is 4.31 Å². The highest BCUT2D eigenvalue weighted by molar-refractivity contribution is 7.89. The Morgan fingerprint density at radius 2 is 1.68 bits per heavy atom. The highest BCUT2D eigenvalue weighted by Crippen LogP contribution is 2.27. The fourth-order valence-corrected chi connectivity index (χ4v) is 4.83. The summed E-state index contributed by atoms with van der Waals surface area (Å²) in [5, 5.41) is 3.36. The summed E-state index contributed by atoms with van der Waals surface area (Å²) in [6.45, 7) is 5.25. The molecule has 1 heterocycles. The van der Waals surface area contributed by atoms with Gasteiger partial charge in [0.05, 0.1) is 4.90 Å². The van der Waals surface area contributed by atoms with Crippen molar-refractivity contribution in [2.45, 2.75) is 24.7 Å². The van der Waals surface area contributed by atoms with Gasteiger partial charge < -0.3 is 5.32 Å². The lowest BCUT2D eigenvalue weighted by Crippen LogP contribution is -2.40. The third kappa shape index (κ3) is 4.29. The van der Waals surface area contributed by atoms with Crippen molar-refractivity contribution in [3.05, 3.63) is 54.6 Å². The van der Waals surface area contributed by atoms with Crippen molar-refractivity contribution < 1.29 is 8.42 Å². The Morgan fingerprint density at radius 1 is 1.00 bits per heavy atom. The quantitative estimate of drug-likeness (QED) is 0.861. The topological polar surface area (TPSA) is 49.4 Å². The van der Waals surface area contributed by atoms with Gasteiger partial charge in [-0.1, -0.05) is 49.4 Å². The van der Waals surface area contributed by atoms with E-state index in [1.54, 1.807) is 16.4 Å². The first-order chi connectivity index (χ1) is 12.1. The van der Waals surface area contributed by atoms with Crippen molar-refractivity contribution in [3.8, 4) is 11.1 Å². The standard InChI is InChI=1S/C20H26N2O2S/c1-2-21-16-17-11-13-22(14-12-17)25(23,24)20-10-6-9-19(15-20)18-7-4-3-5-8-18/h3-10,15,17,21H,2,11-14,16H2,1H3. The molecule has 0 amide bonds. The number of sulfonamides is 1. The van der Waals surface area contributed by atoms with E-state index >= 15 is 0 Å². The lowest BCUT2D eigenvalue weighted by molar-refractivity contribution is 0.268. The predicted molar refractivity (Wildman–Crippen MR) is 102 cm³/mol. The van der Waals surface area contributed by atoms with Crippen LogP contribution in [0.2, 0.25) is 0 Å². The van der Waals surface area contributed by atoms with Crippen molar-refractivity contribution in [3.63, 3.8) is 0 Å². The maximum absolute atomic E-state index is 13.0. The molecule has 2 aromatic carbocycles. The zero-order chi connectivity index (χ0) is 17.7. The monoisotopic (exact) mass is 358 g/mol. The minimum Gasteiger partial charge on any atom is -0.317 e. The molecule has 0 aromatic heterocycles. The molecule has 134 valence electrons. The lowest BCUT2D eigenvalue weighted by atomic mass is 9.98. The summed E-state index contributed by atoms with van der Waals surface area (Å²) in [4.78, 5) is 0.388. The van der Waals surface area contributed by atoms with Gasteiger partial charge in [0.1, 0.15) is 0 Å². The van der Waals surface area contributed by atoms with Gasteiger partial charge in [0.2, 0.25) is 10.0 Å². The van der Waals surface area contributed by atoms with Gasteiger partial charge in [-0.15, -0.1) is 0 Å². The van der Waals surface area contributed by atoms with Crippen molar-refractivity contribution in [1.82, 2.24) is 9.62 Å². The molecule has 0 aliphatic carbocycles. The highest BCUT2D eigenvalue weighted by atomic mass is 32.2. The van der Waals surface area contributed by atoms with E-state index in [4.69, 9.17) is 0 Å². The average Bonchev–Trinajstić information content (AvgIpc) is 2.67. The summed E-state index contributed by atoms with van der Waals surface area (Å²) in [6.07, 6.45) is 1.84. The minimum atomic E-state index is -3.42. The van der Waals surface area contributed by atoms with Crippen LogP contribution in [0, 0.1) is 5.92 Å². The summed E-state index contributed by atoms with van der Waals surface area (Å²) in [5.41, 5.74) is 1.97. The number of rotatable bonds is 6. The van der Waals surface area contributed by atoms with Gasteiger partial charge in [0.15, 0.2) is 0 Å². The molecule has 0 unspecified atom stereocenters. The van der Waals surface area contributed by atoms with Crippen molar-refractivity contribution in [2.75, 3.05) is 26.2 Å². The fraction of sp³-hybridized carbons (Fsp3) is 0.400. The Balaban J connectivity index is 1.75. The molecule has 5 heteroatoms. The smallest absolute Gasteiger partial charge is 0.243 e. The van der Waals surface area contributed by atoms with E-state index in [1.165, 1.54) is 0 Å². The second-order valence-corrected chi connectivity index (χ2v) is 8.49. The average molecular weight is 359 g/mol. The largest absolute Gasteiger partial charge is 0.317 e. The Morgan fingerprint density at radius 3 is 2.36 bits per heavy atom. The lowest BCUT2D eigenvalue weighted by Gasteiger charge is -2.31. The molecule has 1 N–H and O–H groups in total. The molecule has 1 saturated heterocycles. The minimum absolute atomic E-state index is 0.388. The first-order valence-corrected chi connectivity index (χ1v) is 10.4. The molecule has 1 aliphatic rings. The van der Waals surface area contributed by atoms with Crippen molar-refractivity contribution in [2.24, 2.45) is 5.92 Å². The van der Waals surface area contributed by atoms with Crippen LogP contribution in [0.1, 0.15) is 19.8 Å². The van der Waals surface area contributed by atoms with Crippen molar-refractivity contribution in [1.29, 1.82) is 0 Å². The summed E-state index contributed by atoms with van der Waals surface area (Å²) in [6, 6.07) is 17.2. The van der Waals surface area contributed by atoms with E-state index in [2.05, 4.69) is 12.2 Å². The molecule has 1 aliphatic heterocycles. The van der Waals surface area contributed by atoms with Crippen molar-refractivity contribution >= 4 is 10.0 Å². The number of hydrogen-bond acceptors (Lipinski definition) is 3. The Hall–Kier alpha value is -1.69. The highest BCUT2D eigenvalue weighted by Gasteiger charge is 2.29. The molecule has 25 heavy (non-hydrogen) atoms. The molecule has 0 radical (unpaired) electrons. The van der Waals surface area contributed by atoms with Gasteiger partial charge in [-0.3, -0.25) is 0 Å². The summed E-state index contributed by atoms with van der Waals surface area (Å²) >= 11 is 0. The van der Waals surface area contributed by atoms with E-state index in [-0.39, 0.29) is 0 Å². The molecular weight excluding hydrogens is 332 g/mol. The van der Waals surface area contributed by atoms with Crippen LogP contribution >= 0.6 is 0 Å². The molecule has 3 rings (SSSR count). The number of nitrogens with zero attached hydrogens (tertiary/aromatic N) is 1. The summed E-state index contributed by atoms with van der Waals surface area (Å²) < 4.78 is 27.6. The van der Waals surface area contributed by atoms with Gasteiger partial charge >= 0.3 is 0 Å². The van der Waals surface area contributed by atoms with E-state index in [9.17, 15) is 8.42 Å². The summed E-state index contributed by atoms with van der Waals surface area (Å²) in [7, 11) is -3.42. The summed E-state index contributed by atoms with van der Waals surface area (Å²) in [5.74, 6) is 0.571. The molecule has 4 nitrogen and oxygen atoms in total. The van der Waals surface area contributed by atoms with Crippen LogP contribution in [-0.2, 0) is 10.0 Å². The van der Waals surface area contributed by atoms with Crippen LogP contribution in [0.25, 0.3) is 11.1 Å². The third-order valence-corrected chi connectivity index (χ3v) is 6.73. The van der Waals surface area contributed by atoms with Gasteiger partial charge in [-0.25, -0.2) is 8.42 Å². The maximum atomic E-state index is 13.0. The first kappa shape index (κ1) is 18.1. The van der Waals surface area contributed by atoms with E-state index in [0.717, 1.165) is 37.1 Å². The van der Waals surface area contributed by atoms with E-state index in [1.807, 2.05) is 42.5 Å². The van der Waals surface area contributed by atoms with Crippen LogP contribution < -0.4 is 5.32 Å². The molecule has 0 spiro atoms. The Bertz CT molecular complexity index is 782. The molecule has 0 saturated carbocycles. The maximum Gasteiger partial charge on any atom is 0.243 e. The predicted octanol–water partition coefficient (Wildman–Crippen LogP) is 3.36. The fourth-order valence-electron chi connectivity index (χ4n) is 3.32. The van der Waals surface area contributed by atoms with Crippen LogP contribution in [0.15, 0.2) is 59.5 Å². The van der Waals surface area contributed by atoms with Crippen LogP contribution in [0.5, 0.6) is 0 Å². The van der Waals surface area contributed by atoms with Gasteiger partial charge in [-0.05, 0) is 55.1 Å². The van der Waals surface area contributed by atoms with Crippen LogP contribution in [-0.4, -0.2) is 38.9 Å². The van der Waals surface area contributed by atoms with Gasteiger partial charge in [0.25, 0.3) is 0 Å². The first-order valence-electron chi connectivity index (χ1n) is 8.97. The number of piperidine rings is 1. The SMILES string of the molecule is CCNCC1CCN(S(=O)(=O)c2cccc(-c3ccccc3)c2)CC1. The zero-order valence-corrected chi connectivity index (χ0v) is 15.5. The zero-order valence-electron chi connectivity index (χ0n) is 14.7. The van der Waals surface area contributed by atoms with E-state index in [0.29, 0.717) is 23.9 Å². The second-order valence-electron chi connectivity index (χ2n) is 6.55. The molecule has 0 bridgehead atoms. The Labute approximate surface area is 150 Å². The molecule has 0 atom stereocenters. The normalized spacial score (nSPS) is 16.8. The molecular formula is C20H26N2O2S.